The molecular weight excluding hydrogens is 346 g/mol. The molecule has 0 atom stereocenters. The first-order valence-corrected chi connectivity index (χ1v) is 9.83. The van der Waals surface area contributed by atoms with Gasteiger partial charge in [-0.3, -0.25) is 9.69 Å². The Morgan fingerprint density at radius 2 is 2.15 bits per heavy atom. The summed E-state index contributed by atoms with van der Waals surface area (Å²) in [6.45, 7) is 9.34. The first-order chi connectivity index (χ1) is 12.5. The van der Waals surface area contributed by atoms with Gasteiger partial charge in [-0.1, -0.05) is 6.92 Å². The monoisotopic (exact) mass is 369 g/mol. The third-order valence-corrected chi connectivity index (χ3v) is 6.12. The molecule has 0 bridgehead atoms. The van der Waals surface area contributed by atoms with Gasteiger partial charge in [-0.05, 0) is 43.7 Å². The van der Waals surface area contributed by atoms with E-state index in [1.165, 1.54) is 16.0 Å². The number of likely N-dealkylation sites (N-methyl/N-ethyl adjacent to an activating group) is 1. The van der Waals surface area contributed by atoms with Crippen LogP contribution in [0, 0.1) is 13.8 Å². The van der Waals surface area contributed by atoms with E-state index in [0.717, 1.165) is 48.3 Å². The molecule has 1 aromatic carbocycles. The Labute approximate surface area is 157 Å². The fraction of sp³-hybridized carbons (Fsp3) is 0.400. The summed E-state index contributed by atoms with van der Waals surface area (Å²) in [4.78, 5) is 20.8. The predicted molar refractivity (Wildman–Crippen MR) is 105 cm³/mol. The van der Waals surface area contributed by atoms with Crippen molar-refractivity contribution in [1.82, 2.24) is 9.88 Å². The number of fused-ring (bicyclic) bond motifs is 2. The third kappa shape index (κ3) is 3.27. The van der Waals surface area contributed by atoms with E-state index in [1.54, 1.807) is 17.6 Å². The normalized spacial score (nSPS) is 14.6. The first kappa shape index (κ1) is 17.2. The Balaban J connectivity index is 1.48. The number of carbonyl (C=O) groups excluding carboxylic acids is 1. The summed E-state index contributed by atoms with van der Waals surface area (Å²) in [7, 11) is 0. The highest BCUT2D eigenvalue weighted by Gasteiger charge is 2.20. The SMILES string of the molecule is CCN1CCc2nc(NC(=O)Cc3coc4cc(C)c(C)cc34)sc2C1. The van der Waals surface area contributed by atoms with Crippen molar-refractivity contribution < 1.29 is 9.21 Å². The van der Waals surface area contributed by atoms with Crippen LogP contribution in [0.1, 0.15) is 34.2 Å². The number of rotatable bonds is 4. The maximum absolute atomic E-state index is 12.5. The molecule has 0 saturated heterocycles. The third-order valence-electron chi connectivity index (χ3n) is 5.12. The van der Waals surface area contributed by atoms with E-state index in [9.17, 15) is 4.79 Å². The summed E-state index contributed by atoms with van der Waals surface area (Å²) in [5, 5.41) is 4.69. The number of carbonyl (C=O) groups is 1. The van der Waals surface area contributed by atoms with Gasteiger partial charge in [0.25, 0.3) is 0 Å². The zero-order valence-corrected chi connectivity index (χ0v) is 16.2. The molecule has 0 radical (unpaired) electrons. The minimum Gasteiger partial charge on any atom is -0.464 e. The molecule has 1 amide bonds. The Bertz CT molecular complexity index is 973. The van der Waals surface area contributed by atoms with Crippen molar-refractivity contribution in [3.05, 3.63) is 45.7 Å². The Hall–Kier alpha value is -2.18. The molecule has 1 aliphatic heterocycles. The molecule has 0 unspecified atom stereocenters. The van der Waals surface area contributed by atoms with Gasteiger partial charge in [0, 0.05) is 35.3 Å². The van der Waals surface area contributed by atoms with Crippen molar-refractivity contribution >= 4 is 33.3 Å². The number of benzene rings is 1. The van der Waals surface area contributed by atoms with Crippen molar-refractivity contribution in [2.45, 2.75) is 40.2 Å². The highest BCUT2D eigenvalue weighted by Crippen LogP contribution is 2.29. The van der Waals surface area contributed by atoms with E-state index in [4.69, 9.17) is 4.42 Å². The van der Waals surface area contributed by atoms with Crippen molar-refractivity contribution in [2.24, 2.45) is 0 Å². The highest BCUT2D eigenvalue weighted by molar-refractivity contribution is 7.15. The summed E-state index contributed by atoms with van der Waals surface area (Å²) >= 11 is 1.60. The van der Waals surface area contributed by atoms with Crippen LogP contribution in [0.3, 0.4) is 0 Å². The molecule has 0 saturated carbocycles. The number of nitrogens with one attached hydrogen (secondary N) is 1. The second-order valence-corrected chi connectivity index (χ2v) is 8.01. The number of hydrogen-bond acceptors (Lipinski definition) is 5. The van der Waals surface area contributed by atoms with Crippen molar-refractivity contribution in [2.75, 3.05) is 18.4 Å². The zero-order valence-electron chi connectivity index (χ0n) is 15.4. The largest absolute Gasteiger partial charge is 0.464 e. The van der Waals surface area contributed by atoms with Crippen molar-refractivity contribution in [3.8, 4) is 0 Å². The lowest BCUT2D eigenvalue weighted by molar-refractivity contribution is -0.115. The van der Waals surface area contributed by atoms with Crippen LogP contribution in [0.5, 0.6) is 0 Å². The van der Waals surface area contributed by atoms with Gasteiger partial charge in [-0.15, -0.1) is 11.3 Å². The average molecular weight is 369 g/mol. The maximum atomic E-state index is 12.5. The molecule has 0 aliphatic carbocycles. The van der Waals surface area contributed by atoms with Crippen molar-refractivity contribution in [3.63, 3.8) is 0 Å². The smallest absolute Gasteiger partial charge is 0.230 e. The van der Waals surface area contributed by atoms with E-state index in [0.29, 0.717) is 11.6 Å². The lowest BCUT2D eigenvalue weighted by Gasteiger charge is -2.23. The number of thiazole rings is 1. The zero-order chi connectivity index (χ0) is 18.3. The molecule has 0 fully saturated rings. The molecule has 26 heavy (non-hydrogen) atoms. The van der Waals surface area contributed by atoms with Gasteiger partial charge in [0.15, 0.2) is 5.13 Å². The fourth-order valence-corrected chi connectivity index (χ4v) is 4.45. The lowest BCUT2D eigenvalue weighted by atomic mass is 10.0. The standard InChI is InChI=1S/C20H23N3O2S/c1-4-23-6-5-16-18(10-23)26-20(21-16)22-19(24)9-14-11-25-17-8-13(3)12(2)7-15(14)17/h7-8,11H,4-6,9-10H2,1-3H3,(H,21,22,24). The van der Waals surface area contributed by atoms with E-state index >= 15 is 0 Å². The number of furan rings is 1. The predicted octanol–water partition coefficient (Wildman–Crippen LogP) is 4.07. The lowest BCUT2D eigenvalue weighted by Crippen LogP contribution is -2.29. The van der Waals surface area contributed by atoms with Crippen LogP contribution in [0.15, 0.2) is 22.8 Å². The van der Waals surface area contributed by atoms with Crippen LogP contribution in [0.25, 0.3) is 11.0 Å². The summed E-state index contributed by atoms with van der Waals surface area (Å²) in [6, 6.07) is 4.12. The number of nitrogens with zero attached hydrogens (tertiary/aromatic N) is 2. The molecule has 1 aliphatic rings. The molecule has 4 rings (SSSR count). The number of aromatic nitrogens is 1. The van der Waals surface area contributed by atoms with Crippen molar-refractivity contribution in [1.29, 1.82) is 0 Å². The maximum Gasteiger partial charge on any atom is 0.230 e. The number of hydrogen-bond donors (Lipinski definition) is 1. The highest BCUT2D eigenvalue weighted by atomic mass is 32.1. The second kappa shape index (κ2) is 6.85. The molecule has 5 nitrogen and oxygen atoms in total. The van der Waals surface area contributed by atoms with Crippen LogP contribution in [0.2, 0.25) is 0 Å². The van der Waals surface area contributed by atoms with Gasteiger partial charge in [0.2, 0.25) is 5.91 Å². The van der Waals surface area contributed by atoms with Crippen LogP contribution in [-0.4, -0.2) is 28.9 Å². The van der Waals surface area contributed by atoms with Gasteiger partial charge >= 0.3 is 0 Å². The van der Waals surface area contributed by atoms with E-state index in [-0.39, 0.29) is 5.91 Å². The molecule has 3 heterocycles. The summed E-state index contributed by atoms with van der Waals surface area (Å²) in [6.07, 6.45) is 2.94. The van der Waals surface area contributed by atoms with Gasteiger partial charge in [0.1, 0.15) is 5.58 Å². The minimum atomic E-state index is -0.0515. The van der Waals surface area contributed by atoms with Crippen LogP contribution < -0.4 is 5.32 Å². The van der Waals surface area contributed by atoms with Gasteiger partial charge in [-0.25, -0.2) is 4.98 Å². The first-order valence-electron chi connectivity index (χ1n) is 9.01. The summed E-state index contributed by atoms with van der Waals surface area (Å²) in [5.74, 6) is -0.0515. The molecule has 1 N–H and O–H groups in total. The molecule has 2 aromatic heterocycles. The molecule has 136 valence electrons. The van der Waals surface area contributed by atoms with Gasteiger partial charge < -0.3 is 9.73 Å². The Kier molecular flexibility index (Phi) is 4.54. The van der Waals surface area contributed by atoms with E-state index in [2.05, 4.69) is 42.0 Å². The number of amides is 1. The summed E-state index contributed by atoms with van der Waals surface area (Å²) < 4.78 is 5.63. The van der Waals surface area contributed by atoms with Crippen LogP contribution in [0.4, 0.5) is 5.13 Å². The molecular formula is C20H23N3O2S. The summed E-state index contributed by atoms with van der Waals surface area (Å²) in [5.41, 5.74) is 5.28. The molecule has 0 spiro atoms. The van der Waals surface area contributed by atoms with Gasteiger partial charge in [-0.2, -0.15) is 0 Å². The quantitative estimate of drug-likeness (QED) is 0.753. The fourth-order valence-electron chi connectivity index (χ4n) is 3.38. The van der Waals surface area contributed by atoms with Crippen LogP contribution in [-0.2, 0) is 24.2 Å². The molecule has 3 aromatic rings. The average Bonchev–Trinajstić information content (AvgIpc) is 3.18. The Morgan fingerprint density at radius 1 is 1.35 bits per heavy atom. The minimum absolute atomic E-state index is 0.0515. The Morgan fingerprint density at radius 3 is 2.96 bits per heavy atom. The second-order valence-electron chi connectivity index (χ2n) is 6.93. The number of anilines is 1. The topological polar surface area (TPSA) is 58.4 Å². The van der Waals surface area contributed by atoms with Crippen LogP contribution >= 0.6 is 11.3 Å². The van der Waals surface area contributed by atoms with Gasteiger partial charge in [0.05, 0.1) is 18.4 Å². The van der Waals surface area contributed by atoms with E-state index < -0.39 is 0 Å². The molecule has 6 heteroatoms. The number of aryl methyl sites for hydroxylation is 2. The van der Waals surface area contributed by atoms with E-state index in [1.807, 2.05) is 6.07 Å².